The lowest BCUT2D eigenvalue weighted by Crippen LogP contribution is -2.35. The van der Waals surface area contributed by atoms with E-state index in [2.05, 4.69) is 16.0 Å². The van der Waals surface area contributed by atoms with Gasteiger partial charge in [-0.25, -0.2) is 0 Å². The van der Waals surface area contributed by atoms with E-state index in [1.807, 2.05) is 0 Å². The Labute approximate surface area is 134 Å². The van der Waals surface area contributed by atoms with Gasteiger partial charge in [-0.05, 0) is 37.6 Å². The van der Waals surface area contributed by atoms with E-state index in [1.165, 1.54) is 0 Å². The molecule has 2 rings (SSSR count). The molecule has 1 aromatic rings. The first-order valence-corrected chi connectivity index (χ1v) is 6.77. The largest absolute Gasteiger partial charge is 0.368 e. The Bertz CT molecular complexity index is 559. The number of carbonyl (C=O) groups is 3. The van der Waals surface area contributed by atoms with Gasteiger partial charge in [-0.2, -0.15) is 0 Å². The Morgan fingerprint density at radius 3 is 2.73 bits per heavy atom. The number of nitrogens with two attached hydrogens (primary N) is 1. The molecule has 1 aliphatic rings. The molecule has 0 saturated carbocycles. The SMILES string of the molecule is Cl.NC(=O)CNC(=O)c1cccc(NC(=O)C2CCCN2)c1. The van der Waals surface area contributed by atoms with Crippen molar-refractivity contribution in [1.29, 1.82) is 0 Å². The normalized spacial score (nSPS) is 16.5. The maximum atomic E-state index is 12.0. The second-order valence-corrected chi connectivity index (χ2v) is 4.87. The first-order valence-electron chi connectivity index (χ1n) is 6.77. The molecule has 1 fully saturated rings. The molecule has 0 aromatic heterocycles. The Morgan fingerprint density at radius 1 is 1.32 bits per heavy atom. The van der Waals surface area contributed by atoms with Crippen molar-refractivity contribution >= 4 is 35.8 Å². The quantitative estimate of drug-likeness (QED) is 0.610. The summed E-state index contributed by atoms with van der Waals surface area (Å²) in [5, 5.41) is 8.27. The summed E-state index contributed by atoms with van der Waals surface area (Å²) in [6, 6.07) is 6.34. The summed E-state index contributed by atoms with van der Waals surface area (Å²) in [5.41, 5.74) is 5.86. The van der Waals surface area contributed by atoms with E-state index in [9.17, 15) is 14.4 Å². The molecular formula is C14H19ClN4O3. The number of hydrogen-bond donors (Lipinski definition) is 4. The van der Waals surface area contributed by atoms with Gasteiger partial charge in [-0.1, -0.05) is 6.07 Å². The number of primary amides is 1. The highest BCUT2D eigenvalue weighted by Gasteiger charge is 2.22. The lowest BCUT2D eigenvalue weighted by atomic mass is 10.1. The molecule has 120 valence electrons. The fourth-order valence-corrected chi connectivity index (χ4v) is 2.15. The first-order chi connectivity index (χ1) is 10.1. The van der Waals surface area contributed by atoms with Gasteiger partial charge >= 0.3 is 0 Å². The van der Waals surface area contributed by atoms with E-state index < -0.39 is 11.8 Å². The van der Waals surface area contributed by atoms with Gasteiger partial charge in [-0.3, -0.25) is 14.4 Å². The van der Waals surface area contributed by atoms with Gasteiger partial charge in [0.15, 0.2) is 0 Å². The first kappa shape index (κ1) is 17.9. The molecule has 22 heavy (non-hydrogen) atoms. The molecule has 8 heteroatoms. The zero-order valence-corrected chi connectivity index (χ0v) is 12.7. The van der Waals surface area contributed by atoms with Crippen LogP contribution in [0.5, 0.6) is 0 Å². The van der Waals surface area contributed by atoms with Crippen LogP contribution < -0.4 is 21.7 Å². The lowest BCUT2D eigenvalue weighted by molar-refractivity contribution is -0.118. The van der Waals surface area contributed by atoms with Crippen molar-refractivity contribution in [3.63, 3.8) is 0 Å². The van der Waals surface area contributed by atoms with Crippen LogP contribution in [-0.4, -0.2) is 36.9 Å². The summed E-state index contributed by atoms with van der Waals surface area (Å²) in [6.07, 6.45) is 1.79. The molecule has 0 bridgehead atoms. The van der Waals surface area contributed by atoms with E-state index in [1.54, 1.807) is 24.3 Å². The topological polar surface area (TPSA) is 113 Å². The number of rotatable bonds is 5. The Morgan fingerprint density at radius 2 is 2.09 bits per heavy atom. The van der Waals surface area contributed by atoms with Gasteiger partial charge in [0.05, 0.1) is 12.6 Å². The van der Waals surface area contributed by atoms with Gasteiger partial charge in [0, 0.05) is 11.3 Å². The molecule has 0 spiro atoms. The zero-order valence-electron chi connectivity index (χ0n) is 11.9. The number of halogens is 1. The number of carbonyl (C=O) groups excluding carboxylic acids is 3. The Kier molecular flexibility index (Phi) is 6.81. The van der Waals surface area contributed by atoms with Crippen LogP contribution in [0.1, 0.15) is 23.2 Å². The summed E-state index contributed by atoms with van der Waals surface area (Å²) < 4.78 is 0. The second kappa shape index (κ2) is 8.35. The van der Waals surface area contributed by atoms with Gasteiger partial charge < -0.3 is 21.7 Å². The van der Waals surface area contributed by atoms with Gasteiger partial charge in [0.25, 0.3) is 5.91 Å². The van der Waals surface area contributed by atoms with E-state index in [0.717, 1.165) is 19.4 Å². The zero-order chi connectivity index (χ0) is 15.2. The second-order valence-electron chi connectivity index (χ2n) is 4.87. The Hall–Kier alpha value is -2.12. The molecule has 1 heterocycles. The lowest BCUT2D eigenvalue weighted by Gasteiger charge is -2.12. The third kappa shape index (κ3) is 5.01. The van der Waals surface area contributed by atoms with Crippen LogP contribution in [0.3, 0.4) is 0 Å². The predicted molar refractivity (Wildman–Crippen MR) is 84.9 cm³/mol. The van der Waals surface area contributed by atoms with Crippen molar-refractivity contribution in [2.75, 3.05) is 18.4 Å². The maximum absolute atomic E-state index is 12.0. The molecule has 5 N–H and O–H groups in total. The maximum Gasteiger partial charge on any atom is 0.251 e. The molecule has 1 aromatic carbocycles. The predicted octanol–water partition coefficient (Wildman–Crippen LogP) is 0.0140. The third-order valence-electron chi connectivity index (χ3n) is 3.19. The molecule has 0 aliphatic carbocycles. The monoisotopic (exact) mass is 326 g/mol. The van der Waals surface area contributed by atoms with Crippen molar-refractivity contribution in [3.8, 4) is 0 Å². The highest BCUT2D eigenvalue weighted by Crippen LogP contribution is 2.13. The molecule has 3 amide bonds. The van der Waals surface area contributed by atoms with E-state index in [-0.39, 0.29) is 30.9 Å². The Balaban J connectivity index is 0.00000242. The summed E-state index contributed by atoms with van der Waals surface area (Å²) in [7, 11) is 0. The molecular weight excluding hydrogens is 308 g/mol. The minimum Gasteiger partial charge on any atom is -0.368 e. The highest BCUT2D eigenvalue weighted by molar-refractivity contribution is 5.99. The van der Waals surface area contributed by atoms with Crippen LogP contribution in [0.25, 0.3) is 0 Å². The minimum atomic E-state index is -0.611. The molecule has 1 saturated heterocycles. The number of anilines is 1. The number of nitrogens with one attached hydrogen (secondary N) is 3. The fraction of sp³-hybridized carbons (Fsp3) is 0.357. The van der Waals surface area contributed by atoms with E-state index in [0.29, 0.717) is 11.3 Å². The standard InChI is InChI=1S/C14H18N4O3.ClH/c15-12(19)8-17-13(20)9-3-1-4-10(7-9)18-14(21)11-5-2-6-16-11;/h1,3-4,7,11,16H,2,5-6,8H2,(H2,15,19)(H,17,20)(H,18,21);1H. The van der Waals surface area contributed by atoms with E-state index >= 15 is 0 Å². The third-order valence-corrected chi connectivity index (χ3v) is 3.19. The summed E-state index contributed by atoms with van der Waals surface area (Å²) in [4.78, 5) is 34.4. The van der Waals surface area contributed by atoms with Crippen molar-refractivity contribution in [3.05, 3.63) is 29.8 Å². The van der Waals surface area contributed by atoms with Crippen molar-refractivity contribution < 1.29 is 14.4 Å². The van der Waals surface area contributed by atoms with Crippen molar-refractivity contribution in [1.82, 2.24) is 10.6 Å². The van der Waals surface area contributed by atoms with Crippen molar-refractivity contribution in [2.24, 2.45) is 5.73 Å². The van der Waals surface area contributed by atoms with Gasteiger partial charge in [-0.15, -0.1) is 12.4 Å². The average Bonchev–Trinajstić information content (AvgIpc) is 2.99. The van der Waals surface area contributed by atoms with Crippen LogP contribution in [0.2, 0.25) is 0 Å². The summed E-state index contributed by atoms with van der Waals surface area (Å²) in [5.74, 6) is -1.13. The number of hydrogen-bond acceptors (Lipinski definition) is 4. The van der Waals surface area contributed by atoms with Crippen LogP contribution in [-0.2, 0) is 9.59 Å². The summed E-state index contributed by atoms with van der Waals surface area (Å²) in [6.45, 7) is 0.620. The van der Waals surface area contributed by atoms with E-state index in [4.69, 9.17) is 5.73 Å². The van der Waals surface area contributed by atoms with Crippen LogP contribution in [0, 0.1) is 0 Å². The van der Waals surface area contributed by atoms with Gasteiger partial charge in [0.1, 0.15) is 0 Å². The number of benzene rings is 1. The molecule has 7 nitrogen and oxygen atoms in total. The number of amides is 3. The fourth-order valence-electron chi connectivity index (χ4n) is 2.15. The highest BCUT2D eigenvalue weighted by atomic mass is 35.5. The molecule has 1 atom stereocenters. The van der Waals surface area contributed by atoms with Crippen molar-refractivity contribution in [2.45, 2.75) is 18.9 Å². The smallest absolute Gasteiger partial charge is 0.251 e. The molecule has 1 unspecified atom stereocenters. The minimum absolute atomic E-state index is 0. The summed E-state index contributed by atoms with van der Waals surface area (Å²) >= 11 is 0. The van der Waals surface area contributed by atoms with Crippen LogP contribution in [0.15, 0.2) is 24.3 Å². The average molecular weight is 327 g/mol. The van der Waals surface area contributed by atoms with Crippen LogP contribution >= 0.6 is 12.4 Å². The molecule has 0 radical (unpaired) electrons. The van der Waals surface area contributed by atoms with Crippen LogP contribution in [0.4, 0.5) is 5.69 Å². The van der Waals surface area contributed by atoms with Gasteiger partial charge in [0.2, 0.25) is 11.8 Å². The molecule has 1 aliphatic heterocycles.